The predicted molar refractivity (Wildman–Crippen MR) is 117 cm³/mol. The van der Waals surface area contributed by atoms with Crippen LogP contribution in [-0.4, -0.2) is 24.9 Å². The molecule has 0 atom stereocenters. The standard InChI is InChI=1S/C22H17N5O5/c28-20(24-13-15-4-3-11-23-12-15)14-25-19-6-2-1-5-18(19)21(29)26(22(25)30)16-7-9-17(10-8-16)27(31)32/h1-12H,13-14H2,(H,24,28). The molecule has 2 heterocycles. The number of nitro benzene ring substituents is 1. The second kappa shape index (κ2) is 8.64. The Morgan fingerprint density at radius 1 is 1.03 bits per heavy atom. The van der Waals surface area contributed by atoms with Gasteiger partial charge in [0, 0.05) is 31.1 Å². The van der Waals surface area contributed by atoms with Crippen molar-refractivity contribution in [3.05, 3.63) is 110 Å². The number of benzene rings is 2. The monoisotopic (exact) mass is 431 g/mol. The Labute approximate surface area is 180 Å². The second-order valence-electron chi connectivity index (χ2n) is 6.94. The molecule has 10 heteroatoms. The molecule has 1 N–H and O–H groups in total. The fourth-order valence-electron chi connectivity index (χ4n) is 3.33. The Morgan fingerprint density at radius 3 is 2.47 bits per heavy atom. The molecule has 2 aromatic carbocycles. The van der Waals surface area contributed by atoms with Crippen LogP contribution >= 0.6 is 0 Å². The second-order valence-corrected chi connectivity index (χ2v) is 6.94. The number of non-ortho nitro benzene ring substituents is 1. The zero-order chi connectivity index (χ0) is 22.7. The maximum atomic E-state index is 13.2. The molecule has 0 aliphatic carbocycles. The zero-order valence-electron chi connectivity index (χ0n) is 16.7. The first kappa shape index (κ1) is 20.7. The number of fused-ring (bicyclic) bond motifs is 1. The van der Waals surface area contributed by atoms with Gasteiger partial charge in [-0.05, 0) is 35.9 Å². The van der Waals surface area contributed by atoms with E-state index in [-0.39, 0.29) is 29.9 Å². The number of hydrogen-bond acceptors (Lipinski definition) is 6. The highest BCUT2D eigenvalue weighted by atomic mass is 16.6. The van der Waals surface area contributed by atoms with Crippen LogP contribution in [0.2, 0.25) is 0 Å². The fraction of sp³-hybridized carbons (Fsp3) is 0.0909. The number of carbonyl (C=O) groups is 1. The van der Waals surface area contributed by atoms with E-state index in [4.69, 9.17) is 0 Å². The first-order valence-corrected chi connectivity index (χ1v) is 9.61. The maximum absolute atomic E-state index is 13.2. The summed E-state index contributed by atoms with van der Waals surface area (Å²) in [6, 6.07) is 15.1. The lowest BCUT2D eigenvalue weighted by Crippen LogP contribution is -2.41. The minimum Gasteiger partial charge on any atom is -0.350 e. The summed E-state index contributed by atoms with van der Waals surface area (Å²) in [6.07, 6.45) is 3.25. The number of aromatic nitrogens is 3. The lowest BCUT2D eigenvalue weighted by atomic mass is 10.2. The van der Waals surface area contributed by atoms with Crippen LogP contribution in [0.15, 0.2) is 82.6 Å². The van der Waals surface area contributed by atoms with E-state index in [1.165, 1.54) is 28.8 Å². The quantitative estimate of drug-likeness (QED) is 0.366. The number of carbonyl (C=O) groups excluding carboxylic acids is 1. The highest BCUT2D eigenvalue weighted by Crippen LogP contribution is 2.15. The summed E-state index contributed by atoms with van der Waals surface area (Å²) >= 11 is 0. The Morgan fingerprint density at radius 2 is 1.78 bits per heavy atom. The van der Waals surface area contributed by atoms with Crippen LogP contribution in [-0.2, 0) is 17.9 Å². The van der Waals surface area contributed by atoms with Crippen LogP contribution in [0.3, 0.4) is 0 Å². The van der Waals surface area contributed by atoms with E-state index in [0.717, 1.165) is 10.1 Å². The van der Waals surface area contributed by atoms with Crippen molar-refractivity contribution < 1.29 is 9.72 Å². The summed E-state index contributed by atoms with van der Waals surface area (Å²) in [7, 11) is 0. The molecule has 0 radical (unpaired) electrons. The third-order valence-corrected chi connectivity index (χ3v) is 4.88. The van der Waals surface area contributed by atoms with Gasteiger partial charge in [-0.25, -0.2) is 9.36 Å². The largest absolute Gasteiger partial charge is 0.350 e. The van der Waals surface area contributed by atoms with Crippen LogP contribution in [0.1, 0.15) is 5.56 Å². The highest BCUT2D eigenvalue weighted by Gasteiger charge is 2.17. The van der Waals surface area contributed by atoms with Crippen LogP contribution in [0.25, 0.3) is 16.6 Å². The minimum absolute atomic E-state index is 0.167. The van der Waals surface area contributed by atoms with E-state index < -0.39 is 22.1 Å². The Bertz CT molecular complexity index is 1430. The molecule has 1 amide bonds. The number of pyridine rings is 1. The predicted octanol–water partition coefficient (Wildman–Crippen LogP) is 1.77. The van der Waals surface area contributed by atoms with Gasteiger partial charge < -0.3 is 5.32 Å². The molecule has 0 spiro atoms. The molecule has 0 aliphatic rings. The van der Waals surface area contributed by atoms with Crippen molar-refractivity contribution in [3.63, 3.8) is 0 Å². The number of hydrogen-bond donors (Lipinski definition) is 1. The highest BCUT2D eigenvalue weighted by molar-refractivity contribution is 5.81. The third kappa shape index (κ3) is 4.01. The van der Waals surface area contributed by atoms with Crippen LogP contribution in [0.5, 0.6) is 0 Å². The summed E-state index contributed by atoms with van der Waals surface area (Å²) in [5.74, 6) is -0.421. The zero-order valence-corrected chi connectivity index (χ0v) is 16.7. The van der Waals surface area contributed by atoms with E-state index in [0.29, 0.717) is 5.52 Å². The van der Waals surface area contributed by atoms with Gasteiger partial charge in [-0.2, -0.15) is 0 Å². The van der Waals surface area contributed by atoms with E-state index >= 15 is 0 Å². The molecule has 0 saturated heterocycles. The molecule has 0 unspecified atom stereocenters. The van der Waals surface area contributed by atoms with Crippen molar-refractivity contribution in [2.24, 2.45) is 0 Å². The van der Waals surface area contributed by atoms with Gasteiger partial charge in [-0.3, -0.25) is 29.3 Å². The SMILES string of the molecule is O=C(Cn1c(=O)n(-c2ccc([N+](=O)[O-])cc2)c(=O)c2ccccc21)NCc1cccnc1. The average molecular weight is 431 g/mol. The molecule has 0 aliphatic heterocycles. The Hall–Kier alpha value is -4.60. The van der Waals surface area contributed by atoms with Gasteiger partial charge in [0.15, 0.2) is 0 Å². The molecule has 0 bridgehead atoms. The molecular formula is C22H17N5O5. The van der Waals surface area contributed by atoms with Gasteiger partial charge in [0.25, 0.3) is 11.2 Å². The van der Waals surface area contributed by atoms with Crippen molar-refractivity contribution in [2.75, 3.05) is 0 Å². The first-order chi connectivity index (χ1) is 15.5. The fourth-order valence-corrected chi connectivity index (χ4v) is 3.33. The summed E-state index contributed by atoms with van der Waals surface area (Å²) in [5.41, 5.74) is -0.185. The van der Waals surface area contributed by atoms with Gasteiger partial charge in [0.1, 0.15) is 6.54 Å². The van der Waals surface area contributed by atoms with Gasteiger partial charge in [0.05, 0.1) is 21.5 Å². The number of nitrogens with one attached hydrogen (secondary N) is 1. The number of amides is 1. The molecule has 10 nitrogen and oxygen atoms in total. The number of para-hydroxylation sites is 1. The van der Waals surface area contributed by atoms with Crippen molar-refractivity contribution in [2.45, 2.75) is 13.1 Å². The lowest BCUT2D eigenvalue weighted by molar-refractivity contribution is -0.384. The van der Waals surface area contributed by atoms with Gasteiger partial charge in [-0.1, -0.05) is 18.2 Å². The van der Waals surface area contributed by atoms with Crippen molar-refractivity contribution in [1.29, 1.82) is 0 Å². The van der Waals surface area contributed by atoms with Crippen LogP contribution in [0, 0.1) is 10.1 Å². The van der Waals surface area contributed by atoms with Gasteiger partial charge in [-0.15, -0.1) is 0 Å². The molecule has 0 fully saturated rings. The smallest absolute Gasteiger partial charge is 0.336 e. The summed E-state index contributed by atoms with van der Waals surface area (Å²) in [5, 5.41) is 13.9. The van der Waals surface area contributed by atoms with Gasteiger partial charge in [0.2, 0.25) is 5.91 Å². The van der Waals surface area contributed by atoms with E-state index in [9.17, 15) is 24.5 Å². The maximum Gasteiger partial charge on any atom is 0.336 e. The molecule has 0 saturated carbocycles. The number of nitro groups is 1. The lowest BCUT2D eigenvalue weighted by Gasteiger charge is -2.14. The summed E-state index contributed by atoms with van der Waals surface area (Å²) < 4.78 is 2.11. The topological polar surface area (TPSA) is 129 Å². The summed E-state index contributed by atoms with van der Waals surface area (Å²) in [6.45, 7) is -0.0752. The van der Waals surface area contributed by atoms with E-state index in [2.05, 4.69) is 10.3 Å². The third-order valence-electron chi connectivity index (χ3n) is 4.88. The van der Waals surface area contributed by atoms with Crippen molar-refractivity contribution in [3.8, 4) is 5.69 Å². The Kier molecular flexibility index (Phi) is 5.58. The summed E-state index contributed by atoms with van der Waals surface area (Å²) in [4.78, 5) is 53.2. The molecule has 32 heavy (non-hydrogen) atoms. The normalized spacial score (nSPS) is 10.8. The number of nitrogens with zero attached hydrogens (tertiary/aromatic N) is 4. The van der Waals surface area contributed by atoms with Crippen LogP contribution < -0.4 is 16.6 Å². The van der Waals surface area contributed by atoms with Gasteiger partial charge >= 0.3 is 5.69 Å². The molecule has 160 valence electrons. The van der Waals surface area contributed by atoms with E-state index in [1.54, 1.807) is 42.7 Å². The number of rotatable bonds is 6. The molecule has 2 aromatic heterocycles. The molecular weight excluding hydrogens is 414 g/mol. The van der Waals surface area contributed by atoms with Crippen molar-refractivity contribution in [1.82, 2.24) is 19.4 Å². The molecule has 4 rings (SSSR count). The Balaban J connectivity index is 1.75. The minimum atomic E-state index is -0.723. The van der Waals surface area contributed by atoms with Crippen molar-refractivity contribution >= 4 is 22.5 Å². The average Bonchev–Trinajstić information content (AvgIpc) is 2.81. The van der Waals surface area contributed by atoms with E-state index in [1.807, 2.05) is 6.07 Å². The molecule has 4 aromatic rings. The van der Waals surface area contributed by atoms with Crippen LogP contribution in [0.4, 0.5) is 5.69 Å². The first-order valence-electron chi connectivity index (χ1n) is 9.61.